The van der Waals surface area contributed by atoms with Crippen LogP contribution in [0.2, 0.25) is 0 Å². The molecule has 84 heavy (non-hydrogen) atoms. The maximum atomic E-state index is 14.3. The number of fused-ring (bicyclic) bond motifs is 11. The Morgan fingerprint density at radius 2 is 1.44 bits per heavy atom. The maximum absolute atomic E-state index is 14.3. The summed E-state index contributed by atoms with van der Waals surface area (Å²) in [7, 11) is 4.74. The number of pyridine rings is 1. The van der Waals surface area contributed by atoms with E-state index in [4.69, 9.17) is 29.9 Å². The van der Waals surface area contributed by atoms with Gasteiger partial charge in [-0.3, -0.25) is 28.8 Å². The number of hydrogen-bond acceptors (Lipinski definition) is 27. The molecule has 6 amide bonds. The predicted molar refractivity (Wildman–Crippen MR) is 303 cm³/mol. The van der Waals surface area contributed by atoms with Gasteiger partial charge < -0.3 is 82.1 Å². The highest BCUT2D eigenvalue weighted by atomic mass is 32.1. The summed E-state index contributed by atoms with van der Waals surface area (Å²) in [6, 6.07) is -4.01. The van der Waals surface area contributed by atoms with Crippen molar-refractivity contribution in [1.82, 2.24) is 61.4 Å². The molecule has 0 aromatic carbocycles. The molecule has 13 N–H and O–H groups in total. The number of nitrogens with two attached hydrogens (primary N) is 1. The molecule has 0 saturated carbocycles. The van der Waals surface area contributed by atoms with Gasteiger partial charge in [0, 0.05) is 38.9 Å². The van der Waals surface area contributed by atoms with Crippen molar-refractivity contribution in [3.8, 4) is 38.4 Å². The topological polar surface area (TPSA) is 435 Å². The van der Waals surface area contributed by atoms with Crippen molar-refractivity contribution >= 4 is 104 Å². The fourth-order valence-electron chi connectivity index (χ4n) is 9.00. The Kier molecular flexibility index (Phi) is 19.1. The molecule has 10 atom stereocenters. The normalized spacial score (nSPS) is 23.2. The number of aliphatic carboxylic acids is 1. The number of aliphatic hydroxyl groups is 4. The average molecular weight is 1250 g/mol. The fourth-order valence-corrected chi connectivity index (χ4v) is 13.2. The summed E-state index contributed by atoms with van der Waals surface area (Å²) in [5.41, 5.74) is 2.15. The number of carbonyl (C=O) groups is 7. The summed E-state index contributed by atoms with van der Waals surface area (Å²) < 4.78 is 17.4. The second-order valence-corrected chi connectivity index (χ2v) is 23.8. The number of carboxylic acids is 1. The van der Waals surface area contributed by atoms with Crippen LogP contribution in [-0.4, -0.2) is 183 Å². The van der Waals surface area contributed by atoms with Gasteiger partial charge in [-0.1, -0.05) is 6.58 Å². The fraction of sp³-hybridized carbons (Fsp3) is 0.380. The number of likely N-dealkylation sites (N-methyl/N-ethyl adjacent to an activating group) is 1. The molecule has 2 aliphatic heterocycles. The van der Waals surface area contributed by atoms with Crippen LogP contribution >= 0.6 is 56.7 Å². The van der Waals surface area contributed by atoms with Crippen LogP contribution in [0.1, 0.15) is 103 Å². The third-order valence-corrected chi connectivity index (χ3v) is 17.5. The molecule has 446 valence electrons. The lowest BCUT2D eigenvalue weighted by Gasteiger charge is -2.47. The van der Waals surface area contributed by atoms with E-state index in [0.717, 1.165) is 56.7 Å². The van der Waals surface area contributed by atoms with Crippen molar-refractivity contribution in [3.63, 3.8) is 0 Å². The van der Waals surface area contributed by atoms with E-state index in [-0.39, 0.29) is 88.3 Å². The minimum absolute atomic E-state index is 0.00547. The molecule has 0 spiro atoms. The van der Waals surface area contributed by atoms with E-state index in [2.05, 4.69) is 53.1 Å². The van der Waals surface area contributed by atoms with Crippen LogP contribution < -0.4 is 32.3 Å². The zero-order valence-corrected chi connectivity index (χ0v) is 49.4. The Morgan fingerprint density at radius 3 is 2.06 bits per heavy atom. The molecule has 0 aliphatic carbocycles. The number of allylic oxidation sites excluding steroid dienone is 1. The largest absolute Gasteiger partial charge is 0.506 e. The van der Waals surface area contributed by atoms with Crippen LogP contribution in [0.3, 0.4) is 0 Å². The van der Waals surface area contributed by atoms with Crippen LogP contribution in [0.5, 0.6) is 5.75 Å². The van der Waals surface area contributed by atoms with Crippen molar-refractivity contribution in [1.29, 1.82) is 0 Å². The van der Waals surface area contributed by atoms with Crippen molar-refractivity contribution in [2.24, 2.45) is 5.73 Å². The molecule has 8 heterocycles. The minimum Gasteiger partial charge on any atom is -0.506 e. The molecule has 1 fully saturated rings. The van der Waals surface area contributed by atoms with Crippen molar-refractivity contribution in [3.05, 3.63) is 88.8 Å². The van der Waals surface area contributed by atoms with Crippen LogP contribution in [0.15, 0.2) is 51.0 Å². The van der Waals surface area contributed by atoms with E-state index >= 15 is 0 Å². The van der Waals surface area contributed by atoms with Gasteiger partial charge in [-0.25, -0.2) is 34.7 Å². The highest BCUT2D eigenvalue weighted by Gasteiger charge is 2.48. The Hall–Kier alpha value is -7.61. The minimum atomic E-state index is -2.20. The third-order valence-electron chi connectivity index (χ3n) is 13.0. The summed E-state index contributed by atoms with van der Waals surface area (Å²) in [4.78, 5) is 123. The number of aromatic hydroxyl groups is 1. The van der Waals surface area contributed by atoms with Crippen molar-refractivity contribution in [2.45, 2.75) is 94.6 Å². The average Bonchev–Trinajstić information content (AvgIpc) is 2.66. The quantitative estimate of drug-likeness (QED) is 0.0573. The van der Waals surface area contributed by atoms with Gasteiger partial charge >= 0.3 is 5.97 Å². The second-order valence-electron chi connectivity index (χ2n) is 19.4. The number of aromatic nitrogens is 6. The predicted octanol–water partition coefficient (Wildman–Crippen LogP) is 1.32. The molecule has 6 aromatic heterocycles. The SMILES string of the molecule is C=C(NC(=O)c1csc(-c2nc3c(cc2O)-c2nc(cs2)C(=O)NC(C(C)O)C(=O)NC(=C(C)OC)c2nc(cs2)C(=O)NC(C(O)C(OC2CC(C)(O)C(N(C)C)C(C)O2)C(=O)O)c2nc(cs2)C(=O)NC(CO)c2nc-3cs2)n1)C(N)=O. The van der Waals surface area contributed by atoms with Crippen LogP contribution in [-0.2, 0) is 28.6 Å². The van der Waals surface area contributed by atoms with Gasteiger partial charge in [0.05, 0.1) is 43.3 Å². The second kappa shape index (κ2) is 25.7. The lowest BCUT2D eigenvalue weighted by atomic mass is 9.85. The molecular formula is C50H55N13O16S5. The van der Waals surface area contributed by atoms with E-state index in [1.54, 1.807) is 25.9 Å². The third kappa shape index (κ3) is 13.5. The summed E-state index contributed by atoms with van der Waals surface area (Å²) in [6.07, 6.45) is -8.27. The Balaban J connectivity index is 1.21. The molecule has 34 heteroatoms. The molecule has 29 nitrogen and oxygen atoms in total. The zero-order chi connectivity index (χ0) is 61.2. The summed E-state index contributed by atoms with van der Waals surface area (Å²) >= 11 is 4.34. The first-order chi connectivity index (χ1) is 39.7. The number of hydrogen-bond donors (Lipinski definition) is 12. The molecule has 6 aromatic rings. The number of methoxy groups -OCH3 is 1. The van der Waals surface area contributed by atoms with Crippen molar-refractivity contribution < 1.29 is 78.4 Å². The highest BCUT2D eigenvalue weighted by molar-refractivity contribution is 7.14. The van der Waals surface area contributed by atoms with Crippen LogP contribution in [0, 0.1) is 0 Å². The van der Waals surface area contributed by atoms with Crippen LogP contribution in [0.25, 0.3) is 38.4 Å². The number of ether oxygens (including phenoxy) is 3. The standard InChI is InChI=1S/C50H55N13O16S5/c1-17(38(51)68)52-39(69)24-14-83-47(57-24)33-28(66)9-21-32(59-33)23-12-81-45(54-23)22(11-64)53-40(70)25-15-84-48(58-25)34(35(67)36(49(74)75)79-29-10-50(5,76)37(63(6)7)20(4)78-29)62-42(72)27-16-82-46(56-27)31(19(3)77-8)61-43(73)30(18(2)65)60-41(71)26-13-80-44(21)55-26/h9,12-16,18,20,22,29-30,34-37,64-67,76H,1,10-11H2,2-8H3,(H2,51,68)(H,52,69)(H,53,70)(H,60,71)(H,61,73)(H,62,72)(H,74,75). The van der Waals surface area contributed by atoms with Gasteiger partial charge in [0.2, 0.25) is 5.91 Å². The molecule has 8 rings (SSSR count). The Labute approximate surface area is 496 Å². The molecule has 1 saturated heterocycles. The van der Waals surface area contributed by atoms with Gasteiger partial charge in [0.25, 0.3) is 29.5 Å². The number of amides is 6. The van der Waals surface area contributed by atoms with Gasteiger partial charge in [-0.05, 0) is 47.9 Å². The molecule has 10 unspecified atom stereocenters. The number of thiazole rings is 5. The van der Waals surface area contributed by atoms with Gasteiger partial charge in [-0.15, -0.1) is 56.7 Å². The Morgan fingerprint density at radius 1 is 0.857 bits per heavy atom. The number of carboxylic acid groups (broad SMARTS) is 1. The first-order valence-corrected chi connectivity index (χ1v) is 29.3. The van der Waals surface area contributed by atoms with Gasteiger partial charge in [-0.2, -0.15) is 0 Å². The molecule has 0 radical (unpaired) electrons. The molecule has 8 bridgehead atoms. The monoisotopic (exact) mass is 1250 g/mol. The van der Waals surface area contributed by atoms with E-state index in [1.165, 1.54) is 60.8 Å². The van der Waals surface area contributed by atoms with Crippen molar-refractivity contribution in [2.75, 3.05) is 27.8 Å². The van der Waals surface area contributed by atoms with Gasteiger partial charge in [0.1, 0.15) is 106 Å². The number of aliphatic hydroxyl groups excluding tert-OH is 3. The van der Waals surface area contributed by atoms with Gasteiger partial charge in [0.15, 0.2) is 12.4 Å². The number of nitrogens with zero attached hydrogens (tertiary/aromatic N) is 7. The summed E-state index contributed by atoms with van der Waals surface area (Å²) in [6.45, 7) is 8.55. The first-order valence-electron chi connectivity index (χ1n) is 24.9. The molecule has 2 aliphatic rings. The lowest BCUT2D eigenvalue weighted by Crippen LogP contribution is -2.61. The number of nitrogens with one attached hydrogen (secondary N) is 5. The smallest absolute Gasteiger partial charge is 0.335 e. The van der Waals surface area contributed by atoms with E-state index in [1.807, 2.05) is 0 Å². The zero-order valence-electron chi connectivity index (χ0n) is 45.3. The maximum Gasteiger partial charge on any atom is 0.335 e. The lowest BCUT2D eigenvalue weighted by molar-refractivity contribution is -0.277. The van der Waals surface area contributed by atoms with E-state index in [9.17, 15) is 64.2 Å². The number of carbonyl (C=O) groups excluding carboxylic acids is 6. The number of rotatable bonds is 13. The highest BCUT2D eigenvalue weighted by Crippen LogP contribution is 2.41. The van der Waals surface area contributed by atoms with E-state index < -0.39 is 120 Å². The summed E-state index contributed by atoms with van der Waals surface area (Å²) in [5.74, 6) is -7.80. The van der Waals surface area contributed by atoms with E-state index in [0.29, 0.717) is 0 Å². The first kappa shape index (κ1) is 62.4. The molecular weight excluding hydrogens is 1200 g/mol. The van der Waals surface area contributed by atoms with Crippen LogP contribution in [0.4, 0.5) is 0 Å². The Bertz CT molecular complexity index is 3570. The summed E-state index contributed by atoms with van der Waals surface area (Å²) in [5, 5.41) is 86.5. The number of primary amides is 1.